The molecular weight excluding hydrogens is 523 g/mol. The van der Waals surface area contributed by atoms with Gasteiger partial charge in [0, 0.05) is 0 Å². The number of carbonyl (C=O) groups excluding carboxylic acids is 3. The zero-order chi connectivity index (χ0) is 27.9. The number of carbonyl (C=O) groups is 3. The van der Waals surface area contributed by atoms with Gasteiger partial charge in [0.2, 0.25) is 5.12 Å². The van der Waals surface area contributed by atoms with Crippen LogP contribution in [-0.2, 0) is 25.6 Å². The summed E-state index contributed by atoms with van der Waals surface area (Å²) in [6.07, 6.45) is -4.98. The number of nitrogens with one attached hydrogen (secondary N) is 1. The Kier molecular flexibility index (Phi) is 9.52. The van der Waals surface area contributed by atoms with E-state index in [2.05, 4.69) is 14.8 Å². The van der Waals surface area contributed by atoms with Crippen LogP contribution < -0.4 is 11.5 Å². The Bertz CT molecular complexity index is 1240. The molecule has 13 heteroatoms. The monoisotopic (exact) mass is 551 g/mol. The third kappa shape index (κ3) is 7.11. The lowest BCUT2D eigenvalue weighted by atomic mass is 9.94. The molecule has 3 rings (SSSR count). The number of fused-ring (bicyclic) bond motifs is 1. The summed E-state index contributed by atoms with van der Waals surface area (Å²) in [5.41, 5.74) is 11.4. The van der Waals surface area contributed by atoms with E-state index < -0.39 is 34.7 Å². The zero-order valence-corrected chi connectivity index (χ0v) is 21.3. The Morgan fingerprint density at radius 1 is 1.08 bits per heavy atom. The Hall–Kier alpha value is -3.42. The highest BCUT2D eigenvalue weighted by atomic mass is 32.2. The Morgan fingerprint density at radius 3 is 2.37 bits per heavy atom. The summed E-state index contributed by atoms with van der Waals surface area (Å²) in [4.78, 5) is 50.8. The van der Waals surface area contributed by atoms with Crippen LogP contribution in [-0.4, -0.2) is 56.3 Å². The SMILES string of the molecule is C[C@](CCCCN)(C(=O)Sc1nc2ccccc2[nH]1)N(OC(=O)C(F)(F)F)C(=O)[C@@H](N)Cc1ccccc1. The number of H-pyrrole nitrogens is 1. The molecule has 1 amide bonds. The van der Waals surface area contributed by atoms with Crippen LogP contribution >= 0.6 is 11.8 Å². The standard InChI is InChI=1S/C25H28F3N5O4S/c1-24(13-7-8-14-29,22(36)38-23-31-18-11-5-6-12-19(18)32-23)33(37-21(35)25(26,27)28)20(34)17(30)15-16-9-3-2-4-10-16/h2-6,9-12,17H,7-8,13-15,29-30H2,1H3,(H,31,32)/t17-,24-/m0/s1. The number of halogens is 3. The number of unbranched alkanes of at least 4 members (excludes halogenated alkanes) is 1. The highest BCUT2D eigenvalue weighted by Crippen LogP contribution is 2.34. The summed E-state index contributed by atoms with van der Waals surface area (Å²) in [5, 5.41) is -0.432. The number of alkyl halides is 3. The molecule has 0 saturated heterocycles. The number of nitrogens with two attached hydrogens (primary N) is 2. The second-order valence-corrected chi connectivity index (χ2v) is 9.74. The molecule has 1 aromatic heterocycles. The van der Waals surface area contributed by atoms with E-state index >= 15 is 0 Å². The van der Waals surface area contributed by atoms with E-state index in [0.29, 0.717) is 34.8 Å². The molecule has 0 unspecified atom stereocenters. The molecule has 0 spiro atoms. The molecule has 5 N–H and O–H groups in total. The summed E-state index contributed by atoms with van der Waals surface area (Å²) in [5.74, 6) is -3.80. The normalized spacial score (nSPS) is 14.1. The topological polar surface area (TPSA) is 144 Å². The average Bonchev–Trinajstić information content (AvgIpc) is 3.29. The van der Waals surface area contributed by atoms with Gasteiger partial charge in [-0.3, -0.25) is 9.59 Å². The largest absolute Gasteiger partial charge is 0.493 e. The minimum Gasteiger partial charge on any atom is -0.333 e. The van der Waals surface area contributed by atoms with Gasteiger partial charge < -0.3 is 21.3 Å². The third-order valence-electron chi connectivity index (χ3n) is 5.78. The van der Waals surface area contributed by atoms with Crippen LogP contribution in [0.25, 0.3) is 11.0 Å². The second-order valence-electron chi connectivity index (χ2n) is 8.77. The molecule has 9 nitrogen and oxygen atoms in total. The van der Waals surface area contributed by atoms with Crippen molar-refractivity contribution in [1.29, 1.82) is 0 Å². The fraction of sp³-hybridized carbons (Fsp3) is 0.360. The molecule has 0 fully saturated rings. The summed E-state index contributed by atoms with van der Waals surface area (Å²) in [6, 6.07) is 14.1. The summed E-state index contributed by atoms with van der Waals surface area (Å²) < 4.78 is 39.6. The number of para-hydroxylation sites is 2. The van der Waals surface area contributed by atoms with Gasteiger partial charge in [0.05, 0.1) is 17.1 Å². The molecular formula is C25H28F3N5O4S. The minimum absolute atomic E-state index is 0.0659. The van der Waals surface area contributed by atoms with Crippen LogP contribution in [0, 0.1) is 0 Å². The number of aromatic nitrogens is 2. The first-order chi connectivity index (χ1) is 18.0. The molecule has 2 atom stereocenters. The Labute approximate surface area is 221 Å². The first kappa shape index (κ1) is 29.1. The van der Waals surface area contributed by atoms with Crippen LogP contribution in [0.1, 0.15) is 31.7 Å². The zero-order valence-electron chi connectivity index (χ0n) is 20.5. The molecule has 38 heavy (non-hydrogen) atoms. The lowest BCUT2D eigenvalue weighted by Gasteiger charge is -2.38. The van der Waals surface area contributed by atoms with Crippen LogP contribution in [0.3, 0.4) is 0 Å². The fourth-order valence-electron chi connectivity index (χ4n) is 3.71. The van der Waals surface area contributed by atoms with E-state index in [9.17, 15) is 27.6 Å². The maximum Gasteiger partial charge on any atom is 0.493 e. The predicted molar refractivity (Wildman–Crippen MR) is 135 cm³/mol. The van der Waals surface area contributed by atoms with Crippen molar-refractivity contribution >= 4 is 39.8 Å². The van der Waals surface area contributed by atoms with Gasteiger partial charge in [-0.15, -0.1) is 0 Å². The smallest absolute Gasteiger partial charge is 0.333 e. The molecule has 204 valence electrons. The molecule has 0 bridgehead atoms. The van der Waals surface area contributed by atoms with Crippen LogP contribution in [0.2, 0.25) is 0 Å². The predicted octanol–water partition coefficient (Wildman–Crippen LogP) is 3.49. The van der Waals surface area contributed by atoms with Crippen molar-refractivity contribution in [2.75, 3.05) is 6.54 Å². The van der Waals surface area contributed by atoms with Crippen molar-refractivity contribution < 1.29 is 32.4 Å². The quantitative estimate of drug-likeness (QED) is 0.197. The number of rotatable bonds is 10. The van der Waals surface area contributed by atoms with E-state index in [4.69, 9.17) is 11.5 Å². The van der Waals surface area contributed by atoms with E-state index in [1.54, 1.807) is 54.6 Å². The van der Waals surface area contributed by atoms with E-state index in [0.717, 1.165) is 0 Å². The number of nitrogens with zero attached hydrogens (tertiary/aromatic N) is 2. The van der Waals surface area contributed by atoms with Gasteiger partial charge in [-0.05, 0) is 68.6 Å². The van der Waals surface area contributed by atoms with Gasteiger partial charge in [-0.2, -0.15) is 18.2 Å². The second kappa shape index (κ2) is 12.4. The summed E-state index contributed by atoms with van der Waals surface area (Å²) >= 11 is 0.586. The Balaban J connectivity index is 1.97. The van der Waals surface area contributed by atoms with Crippen LogP contribution in [0.5, 0.6) is 0 Å². The minimum atomic E-state index is -5.42. The van der Waals surface area contributed by atoms with Gasteiger partial charge in [0.1, 0.15) is 5.54 Å². The number of aromatic amines is 1. The number of amides is 1. The van der Waals surface area contributed by atoms with Crippen LogP contribution in [0.15, 0.2) is 59.8 Å². The number of benzene rings is 2. The molecule has 0 aliphatic rings. The first-order valence-corrected chi connectivity index (χ1v) is 12.6. The van der Waals surface area contributed by atoms with Crippen molar-refractivity contribution in [3.05, 3.63) is 60.2 Å². The highest BCUT2D eigenvalue weighted by molar-refractivity contribution is 8.13. The number of hydrogen-bond donors (Lipinski definition) is 3. The average molecular weight is 552 g/mol. The van der Waals surface area contributed by atoms with Gasteiger partial charge in [-0.25, -0.2) is 9.78 Å². The lowest BCUT2D eigenvalue weighted by Crippen LogP contribution is -2.60. The molecule has 2 aromatic carbocycles. The van der Waals surface area contributed by atoms with Gasteiger partial charge in [0.25, 0.3) is 5.91 Å². The van der Waals surface area contributed by atoms with Gasteiger partial charge >= 0.3 is 12.1 Å². The number of hydrogen-bond acceptors (Lipinski definition) is 8. The molecule has 0 aliphatic carbocycles. The summed E-state index contributed by atoms with van der Waals surface area (Å²) in [7, 11) is 0. The lowest BCUT2D eigenvalue weighted by molar-refractivity contribution is -0.251. The fourth-order valence-corrected chi connectivity index (χ4v) is 4.59. The van der Waals surface area contributed by atoms with Crippen molar-refractivity contribution in [1.82, 2.24) is 15.0 Å². The highest BCUT2D eigenvalue weighted by Gasteiger charge is 2.51. The van der Waals surface area contributed by atoms with E-state index in [1.807, 2.05) is 0 Å². The van der Waals surface area contributed by atoms with Gasteiger partial charge in [0.15, 0.2) is 5.16 Å². The maximum atomic E-state index is 13.6. The number of imidazole rings is 1. The van der Waals surface area contributed by atoms with Crippen molar-refractivity contribution in [2.45, 2.75) is 55.5 Å². The Morgan fingerprint density at radius 2 is 1.74 bits per heavy atom. The number of hydroxylamine groups is 2. The third-order valence-corrected chi connectivity index (χ3v) is 6.80. The van der Waals surface area contributed by atoms with Crippen molar-refractivity contribution in [3.63, 3.8) is 0 Å². The molecule has 1 heterocycles. The van der Waals surface area contributed by atoms with E-state index in [1.165, 1.54) is 6.92 Å². The van der Waals surface area contributed by atoms with E-state index in [-0.39, 0.29) is 36.0 Å². The number of thioether (sulfide) groups is 1. The molecule has 0 radical (unpaired) electrons. The van der Waals surface area contributed by atoms with Gasteiger partial charge in [-0.1, -0.05) is 42.5 Å². The van der Waals surface area contributed by atoms with Crippen LogP contribution in [0.4, 0.5) is 13.2 Å². The van der Waals surface area contributed by atoms with Crippen molar-refractivity contribution in [2.24, 2.45) is 11.5 Å². The summed E-state index contributed by atoms with van der Waals surface area (Å²) in [6.45, 7) is 1.48. The van der Waals surface area contributed by atoms with Crippen molar-refractivity contribution in [3.8, 4) is 0 Å². The first-order valence-electron chi connectivity index (χ1n) is 11.8. The maximum absolute atomic E-state index is 13.6. The molecule has 0 aliphatic heterocycles. The molecule has 3 aromatic rings. The molecule has 0 saturated carbocycles.